The van der Waals surface area contributed by atoms with Gasteiger partial charge in [-0.3, -0.25) is 9.05 Å². The van der Waals surface area contributed by atoms with E-state index in [1.165, 1.54) is 116 Å². The second-order valence-corrected chi connectivity index (χ2v) is 19.6. The van der Waals surface area contributed by atoms with Crippen molar-refractivity contribution in [2.75, 3.05) is 13.2 Å². The number of hydrogen-bond donors (Lipinski definition) is 0. The second kappa shape index (κ2) is 46.9. The fourth-order valence-electron chi connectivity index (χ4n) is 6.95. The maximum atomic E-state index is 6.22. The van der Waals surface area contributed by atoms with Gasteiger partial charge in [0.1, 0.15) is 23.7 Å². The van der Waals surface area contributed by atoms with Gasteiger partial charge in [-0.15, -0.1) is 0 Å². The third-order valence-corrected chi connectivity index (χ3v) is 13.1. The lowest BCUT2D eigenvalue weighted by Gasteiger charge is -2.26. The van der Waals surface area contributed by atoms with Crippen molar-refractivity contribution in [2.24, 2.45) is 0 Å². The normalized spacial score (nSPS) is 10.0. The molecule has 0 aromatic heterocycles. The third-order valence-electron chi connectivity index (χ3n) is 11.1. The molecule has 0 radical (unpaired) electrons. The molecule has 0 amide bonds. The van der Waals surface area contributed by atoms with Crippen molar-refractivity contribution >= 4 is 17.2 Å². The Balaban J connectivity index is 2.09. The Kier molecular flexibility index (Phi) is 40.2. The SMILES string of the molecule is CC#CC#CC#CC#CC#CC#COP(OCCCCCCCCCCCCC)Oc1ccc(C(C)(C)c2ccc(OP(OC#CC#CC#CC#CC#CC#CC)OCCCCCCCCCCCCC)cc2)cc1. The highest BCUT2D eigenvalue weighted by molar-refractivity contribution is 7.42. The van der Waals surface area contributed by atoms with E-state index in [1.54, 1.807) is 13.8 Å². The zero-order valence-electron chi connectivity index (χ0n) is 45.4. The molecule has 2 atom stereocenters. The van der Waals surface area contributed by atoms with Crippen LogP contribution in [0.25, 0.3) is 0 Å². The molecule has 2 rings (SSSR count). The summed E-state index contributed by atoms with van der Waals surface area (Å²) in [6.45, 7) is 13.3. The lowest BCUT2D eigenvalue weighted by molar-refractivity contribution is 0.249. The van der Waals surface area contributed by atoms with Gasteiger partial charge in [0.2, 0.25) is 0 Å². The van der Waals surface area contributed by atoms with E-state index in [9.17, 15) is 0 Å². The zero-order chi connectivity index (χ0) is 53.8. The van der Waals surface area contributed by atoms with Crippen LogP contribution in [0.15, 0.2) is 48.5 Å². The Morgan fingerprint density at radius 1 is 0.333 bits per heavy atom. The summed E-state index contributed by atoms with van der Waals surface area (Å²) in [5.41, 5.74) is 1.81. The van der Waals surface area contributed by atoms with Gasteiger partial charge < -0.3 is 18.1 Å². The summed E-state index contributed by atoms with van der Waals surface area (Å²) < 4.78 is 36.1. The highest BCUT2D eigenvalue weighted by Gasteiger charge is 2.25. The molecule has 0 heterocycles. The summed E-state index contributed by atoms with van der Waals surface area (Å²) in [7, 11) is -3.64. The van der Waals surface area contributed by atoms with E-state index >= 15 is 0 Å². The van der Waals surface area contributed by atoms with Crippen molar-refractivity contribution in [3.8, 4) is 154 Å². The van der Waals surface area contributed by atoms with Crippen molar-refractivity contribution in [1.29, 1.82) is 0 Å². The van der Waals surface area contributed by atoms with E-state index in [1.807, 2.05) is 48.5 Å². The van der Waals surface area contributed by atoms with Crippen LogP contribution < -0.4 is 9.05 Å². The smallest absolute Gasteiger partial charge is 0.417 e. The molecular formula is C67H74O6P2. The van der Waals surface area contributed by atoms with Crippen LogP contribution >= 0.6 is 17.2 Å². The number of rotatable bonds is 34. The minimum absolute atomic E-state index is 0.359. The summed E-state index contributed by atoms with van der Waals surface area (Å²) >= 11 is 0. The van der Waals surface area contributed by atoms with Crippen molar-refractivity contribution in [2.45, 2.75) is 188 Å². The Labute approximate surface area is 457 Å². The summed E-state index contributed by atoms with van der Waals surface area (Å²) in [5.74, 6) is 58.9. The Hall–Kier alpha value is -6.86. The molecule has 0 saturated carbocycles. The van der Waals surface area contributed by atoms with Gasteiger partial charge in [-0.1, -0.05) is 192 Å². The van der Waals surface area contributed by atoms with E-state index in [0.717, 1.165) is 36.8 Å². The minimum Gasteiger partial charge on any atom is -0.417 e. The summed E-state index contributed by atoms with van der Waals surface area (Å²) in [6.07, 6.45) is 32.6. The van der Waals surface area contributed by atoms with E-state index in [4.69, 9.17) is 27.1 Å². The molecule has 8 heteroatoms. The Morgan fingerprint density at radius 3 is 0.867 bits per heavy atom. The highest BCUT2D eigenvalue weighted by Crippen LogP contribution is 2.43. The van der Waals surface area contributed by atoms with Gasteiger partial charge in [0, 0.05) is 64.6 Å². The van der Waals surface area contributed by atoms with E-state index < -0.39 is 17.2 Å². The molecule has 0 saturated heterocycles. The number of hydrogen-bond acceptors (Lipinski definition) is 6. The van der Waals surface area contributed by atoms with Crippen molar-refractivity contribution in [3.63, 3.8) is 0 Å². The molecule has 2 aromatic rings. The first kappa shape index (κ1) is 64.3. The standard InChI is InChI=1S/C67H74O6P2/c1-7-11-15-19-23-27-31-35-39-43-47-59-68-74(69-60-48-44-40-36-32-28-24-20-16-12-8-2)72-65-55-51-63(52-56-65)67(5,6)64-53-57-66(58-54-64)73-75(70-61-49-45-41-37-33-29-25-21-17-13-9-3)71-62-50-46-42-38-34-30-26-22-18-14-10-4/h51-58H,7,9,11,13,15,17,19,21,23,25,27,29,31,33,35,37,39,41,43,45,47,49,59,61H2,1-6H3. The summed E-state index contributed by atoms with van der Waals surface area (Å²) in [6, 6.07) is 15.9. The lowest BCUT2D eigenvalue weighted by atomic mass is 9.78. The van der Waals surface area contributed by atoms with Crippen molar-refractivity contribution < 1.29 is 27.1 Å². The summed E-state index contributed by atoms with van der Waals surface area (Å²) in [4.78, 5) is 0. The van der Waals surface area contributed by atoms with Gasteiger partial charge >= 0.3 is 17.2 Å². The van der Waals surface area contributed by atoms with Crippen LogP contribution in [0.2, 0.25) is 0 Å². The van der Waals surface area contributed by atoms with Crippen LogP contribution in [-0.2, 0) is 23.5 Å². The van der Waals surface area contributed by atoms with Gasteiger partial charge in [-0.25, -0.2) is 0 Å². The lowest BCUT2D eigenvalue weighted by Crippen LogP contribution is -2.18. The van der Waals surface area contributed by atoms with Gasteiger partial charge in [0.15, 0.2) is 0 Å². The second-order valence-electron chi connectivity index (χ2n) is 17.4. The molecular weight excluding hydrogens is 963 g/mol. The molecule has 0 fully saturated rings. The maximum absolute atomic E-state index is 6.22. The Morgan fingerprint density at radius 2 is 0.587 bits per heavy atom. The van der Waals surface area contributed by atoms with Crippen LogP contribution in [0.5, 0.6) is 11.5 Å². The molecule has 75 heavy (non-hydrogen) atoms. The quantitative estimate of drug-likeness (QED) is 0.0396. The topological polar surface area (TPSA) is 55.4 Å². The van der Waals surface area contributed by atoms with E-state index in [-0.39, 0.29) is 5.41 Å². The molecule has 0 aliphatic heterocycles. The fraction of sp³-hybridized carbons (Fsp3) is 0.463. The molecule has 0 N–H and O–H groups in total. The van der Waals surface area contributed by atoms with Crippen LogP contribution in [0.3, 0.4) is 0 Å². The van der Waals surface area contributed by atoms with Gasteiger partial charge in [0.25, 0.3) is 0 Å². The maximum Gasteiger partial charge on any atom is 0.472 e. The largest absolute Gasteiger partial charge is 0.472 e. The average Bonchev–Trinajstić information content (AvgIpc) is 3.42. The summed E-state index contributed by atoms with van der Waals surface area (Å²) in [5, 5.41) is 0. The van der Waals surface area contributed by atoms with Crippen LogP contribution in [-0.4, -0.2) is 13.2 Å². The van der Waals surface area contributed by atoms with Crippen molar-refractivity contribution in [3.05, 3.63) is 59.7 Å². The van der Waals surface area contributed by atoms with Crippen LogP contribution in [0, 0.1) is 142 Å². The van der Waals surface area contributed by atoms with Crippen LogP contribution in [0.4, 0.5) is 0 Å². The van der Waals surface area contributed by atoms with Crippen molar-refractivity contribution in [1.82, 2.24) is 0 Å². The monoisotopic (exact) mass is 1040 g/mol. The molecule has 388 valence electrons. The molecule has 0 aliphatic carbocycles. The molecule has 0 spiro atoms. The molecule has 0 bridgehead atoms. The van der Waals surface area contributed by atoms with E-state index in [2.05, 4.69) is 170 Å². The third kappa shape index (κ3) is 35.9. The molecule has 6 nitrogen and oxygen atoms in total. The first-order chi connectivity index (χ1) is 36.9. The average molecular weight is 1040 g/mol. The number of unbranched alkanes of at least 4 members (excludes halogenated alkanes) is 20. The van der Waals surface area contributed by atoms with Gasteiger partial charge in [-0.05, 0) is 121 Å². The number of benzene rings is 2. The van der Waals surface area contributed by atoms with Gasteiger partial charge in [-0.2, -0.15) is 0 Å². The first-order valence-corrected chi connectivity index (χ1v) is 28.7. The van der Waals surface area contributed by atoms with E-state index in [0.29, 0.717) is 24.7 Å². The molecule has 0 aliphatic rings. The molecule has 2 aromatic carbocycles. The Bertz CT molecular complexity index is 2550. The van der Waals surface area contributed by atoms with Crippen LogP contribution in [0.1, 0.15) is 194 Å². The predicted octanol–water partition coefficient (Wildman–Crippen LogP) is 15.9. The zero-order valence-corrected chi connectivity index (χ0v) is 47.2. The molecule has 2 unspecified atom stereocenters. The minimum atomic E-state index is -1.82. The fourth-order valence-corrected chi connectivity index (χ4v) is 8.62. The highest BCUT2D eigenvalue weighted by atomic mass is 31.2. The predicted molar refractivity (Wildman–Crippen MR) is 312 cm³/mol. The van der Waals surface area contributed by atoms with Gasteiger partial charge in [0.05, 0.1) is 13.2 Å². The first-order valence-electron chi connectivity index (χ1n) is 26.5.